The van der Waals surface area contributed by atoms with Crippen LogP contribution in [0.15, 0.2) is 62.0 Å². The first-order valence-corrected chi connectivity index (χ1v) is 11.5. The van der Waals surface area contributed by atoms with Crippen molar-refractivity contribution >= 4 is 55.4 Å². The largest absolute Gasteiger partial charge is 0.506 e. The minimum Gasteiger partial charge on any atom is -0.506 e. The van der Waals surface area contributed by atoms with E-state index in [4.69, 9.17) is 0 Å². The minimum absolute atomic E-state index is 0.0474. The first-order valence-electron chi connectivity index (χ1n) is 8.94. The highest BCUT2D eigenvalue weighted by Gasteiger charge is 2.30. The van der Waals surface area contributed by atoms with Crippen molar-refractivity contribution in [2.24, 2.45) is 0 Å². The highest BCUT2D eigenvalue weighted by atomic mass is 79.9. The molecule has 0 spiro atoms. The number of hydrogen-bond donors (Lipinski definition) is 3. The van der Waals surface area contributed by atoms with Gasteiger partial charge in [-0.25, -0.2) is 0 Å². The summed E-state index contributed by atoms with van der Waals surface area (Å²) in [4.78, 5) is 24.5. The van der Waals surface area contributed by atoms with Gasteiger partial charge >= 0.3 is 0 Å². The minimum atomic E-state index is -0.466. The van der Waals surface area contributed by atoms with Crippen LogP contribution in [0.25, 0.3) is 0 Å². The number of hydrogen-bond acceptors (Lipinski definition) is 5. The van der Waals surface area contributed by atoms with Gasteiger partial charge in [0.15, 0.2) is 0 Å². The Kier molecular flexibility index (Phi) is 7.58. The average molecular weight is 551 g/mol. The Morgan fingerprint density at radius 2 is 1.93 bits per heavy atom. The van der Waals surface area contributed by atoms with Gasteiger partial charge < -0.3 is 15.7 Å². The maximum absolute atomic E-state index is 12.3. The van der Waals surface area contributed by atoms with E-state index in [0.717, 1.165) is 17.3 Å². The molecule has 0 aliphatic carbocycles. The zero-order chi connectivity index (χ0) is 21.7. The van der Waals surface area contributed by atoms with Crippen molar-refractivity contribution in [1.29, 1.82) is 5.26 Å². The lowest BCUT2D eigenvalue weighted by atomic mass is 9.87. The smallest absolute Gasteiger partial charge is 0.230 e. The van der Waals surface area contributed by atoms with Crippen LogP contribution in [0.1, 0.15) is 23.5 Å². The molecule has 0 radical (unpaired) electrons. The molecule has 3 rings (SSSR count). The van der Waals surface area contributed by atoms with Gasteiger partial charge in [-0.3, -0.25) is 9.59 Å². The van der Waals surface area contributed by atoms with Crippen LogP contribution in [0.5, 0.6) is 5.75 Å². The number of phenols is 1. The molecule has 1 heterocycles. The molecular weight excluding hydrogens is 534 g/mol. The maximum Gasteiger partial charge on any atom is 0.230 e. The molecule has 1 aliphatic rings. The monoisotopic (exact) mass is 549 g/mol. The molecule has 0 unspecified atom stereocenters. The van der Waals surface area contributed by atoms with Gasteiger partial charge in [-0.1, -0.05) is 42.1 Å². The van der Waals surface area contributed by atoms with Gasteiger partial charge in [0.2, 0.25) is 11.8 Å². The normalized spacial score (nSPS) is 16.0. The molecular formula is C21H17Br2N3O3S. The fourth-order valence-electron chi connectivity index (χ4n) is 2.99. The third kappa shape index (κ3) is 5.45. The number of carbonyl (C=O) groups excluding carboxylic acids is 2. The van der Waals surface area contributed by atoms with Crippen LogP contribution < -0.4 is 10.6 Å². The Labute approximate surface area is 195 Å². The SMILES string of the molecule is N#CC1=C(SCC(=O)NCc2ccccc2)NC(=O)C[C@H]1c1cc(Br)c(O)c(Br)c1. The van der Waals surface area contributed by atoms with Gasteiger partial charge in [0, 0.05) is 18.9 Å². The van der Waals surface area contributed by atoms with E-state index in [1.54, 1.807) is 12.1 Å². The number of amides is 2. The molecule has 1 aliphatic heterocycles. The van der Waals surface area contributed by atoms with E-state index >= 15 is 0 Å². The zero-order valence-electron chi connectivity index (χ0n) is 15.6. The molecule has 0 saturated heterocycles. The molecule has 6 nitrogen and oxygen atoms in total. The number of phenolic OH excluding ortho intramolecular Hbond substituents is 1. The molecule has 2 aromatic carbocycles. The molecule has 0 bridgehead atoms. The molecule has 1 atom stereocenters. The van der Waals surface area contributed by atoms with Crippen molar-refractivity contribution in [1.82, 2.24) is 10.6 Å². The van der Waals surface area contributed by atoms with Crippen molar-refractivity contribution in [3.8, 4) is 11.8 Å². The molecule has 30 heavy (non-hydrogen) atoms. The van der Waals surface area contributed by atoms with Crippen molar-refractivity contribution < 1.29 is 14.7 Å². The van der Waals surface area contributed by atoms with E-state index in [9.17, 15) is 20.0 Å². The number of aromatic hydroxyl groups is 1. The summed E-state index contributed by atoms with van der Waals surface area (Å²) >= 11 is 7.70. The molecule has 0 saturated carbocycles. The fourth-order valence-corrected chi connectivity index (χ4v) is 5.12. The van der Waals surface area contributed by atoms with Gasteiger partial charge in [-0.15, -0.1) is 0 Å². The Morgan fingerprint density at radius 1 is 1.27 bits per heavy atom. The standard InChI is InChI=1S/C21H17Br2N3O3S/c22-16-6-13(7-17(23)20(16)29)14-8-18(27)26-21(15(14)9-24)30-11-19(28)25-10-12-4-2-1-3-5-12/h1-7,14,29H,8,10-11H2,(H,25,28)(H,26,27)/t14-/m0/s1. The zero-order valence-corrected chi connectivity index (χ0v) is 19.6. The van der Waals surface area contributed by atoms with Crippen molar-refractivity contribution in [3.05, 3.63) is 73.1 Å². The van der Waals surface area contributed by atoms with E-state index in [-0.39, 0.29) is 29.7 Å². The van der Waals surface area contributed by atoms with Gasteiger partial charge in [-0.05, 0) is 55.1 Å². The predicted octanol–water partition coefficient (Wildman–Crippen LogP) is 4.31. The number of allylic oxidation sites excluding steroid dienone is 1. The van der Waals surface area contributed by atoms with Crippen molar-refractivity contribution in [2.75, 3.05) is 5.75 Å². The summed E-state index contributed by atoms with van der Waals surface area (Å²) < 4.78 is 0.925. The molecule has 2 amide bonds. The average Bonchev–Trinajstić information content (AvgIpc) is 2.74. The number of carbonyl (C=O) groups is 2. The second kappa shape index (κ2) is 10.2. The predicted molar refractivity (Wildman–Crippen MR) is 122 cm³/mol. The summed E-state index contributed by atoms with van der Waals surface area (Å²) in [6.07, 6.45) is 0.108. The Morgan fingerprint density at radius 3 is 2.57 bits per heavy atom. The van der Waals surface area contributed by atoms with Gasteiger partial charge in [0.25, 0.3) is 0 Å². The van der Waals surface area contributed by atoms with Crippen LogP contribution in [0.4, 0.5) is 0 Å². The molecule has 3 N–H and O–H groups in total. The summed E-state index contributed by atoms with van der Waals surface area (Å²) in [5.74, 6) is -0.770. The highest BCUT2D eigenvalue weighted by Crippen LogP contribution is 2.41. The van der Waals surface area contributed by atoms with E-state index in [1.165, 1.54) is 0 Å². The first kappa shape index (κ1) is 22.4. The summed E-state index contributed by atoms with van der Waals surface area (Å²) in [5, 5.41) is 25.6. The third-order valence-corrected chi connectivity index (χ3v) is 6.70. The quantitative estimate of drug-likeness (QED) is 0.497. The molecule has 2 aromatic rings. The number of rotatable bonds is 6. The van der Waals surface area contributed by atoms with Crippen LogP contribution in [0, 0.1) is 11.3 Å². The number of nitriles is 1. The summed E-state index contributed by atoms with van der Waals surface area (Å²) in [6, 6.07) is 15.1. The Hall–Kier alpha value is -2.28. The second-order valence-corrected chi connectivity index (χ2v) is 9.24. The molecule has 0 fully saturated rings. The van der Waals surface area contributed by atoms with E-state index in [2.05, 4.69) is 48.6 Å². The van der Waals surface area contributed by atoms with Crippen LogP contribution in [0.2, 0.25) is 0 Å². The summed E-state index contributed by atoms with van der Waals surface area (Å²) in [7, 11) is 0. The van der Waals surface area contributed by atoms with Gasteiger partial charge in [0.05, 0.1) is 31.4 Å². The van der Waals surface area contributed by atoms with Crippen molar-refractivity contribution in [2.45, 2.75) is 18.9 Å². The van der Waals surface area contributed by atoms with E-state index < -0.39 is 5.92 Å². The van der Waals surface area contributed by atoms with Crippen LogP contribution in [-0.2, 0) is 16.1 Å². The molecule has 154 valence electrons. The number of thioether (sulfide) groups is 1. The summed E-state index contributed by atoms with van der Waals surface area (Å²) in [5.41, 5.74) is 2.09. The molecule has 9 heteroatoms. The highest BCUT2D eigenvalue weighted by molar-refractivity contribution is 9.11. The summed E-state index contributed by atoms with van der Waals surface area (Å²) in [6.45, 7) is 0.412. The topological polar surface area (TPSA) is 102 Å². The lowest BCUT2D eigenvalue weighted by Crippen LogP contribution is -2.32. The number of halogens is 2. The van der Waals surface area contributed by atoms with Crippen LogP contribution >= 0.6 is 43.6 Å². The number of benzene rings is 2. The van der Waals surface area contributed by atoms with E-state index in [1.807, 2.05) is 30.3 Å². The first-order chi connectivity index (χ1) is 14.4. The third-order valence-electron chi connectivity index (χ3n) is 4.48. The van der Waals surface area contributed by atoms with Crippen LogP contribution in [-0.4, -0.2) is 22.7 Å². The molecule has 0 aromatic heterocycles. The van der Waals surface area contributed by atoms with Crippen LogP contribution in [0.3, 0.4) is 0 Å². The van der Waals surface area contributed by atoms with Gasteiger partial charge in [-0.2, -0.15) is 5.26 Å². The number of nitrogens with one attached hydrogen (secondary N) is 2. The second-order valence-electron chi connectivity index (χ2n) is 6.54. The fraction of sp³-hybridized carbons (Fsp3) is 0.190. The van der Waals surface area contributed by atoms with E-state index in [0.29, 0.717) is 31.7 Å². The van der Waals surface area contributed by atoms with Gasteiger partial charge in [0.1, 0.15) is 5.75 Å². The number of nitrogens with zero attached hydrogens (tertiary/aromatic N) is 1. The lowest BCUT2D eigenvalue weighted by molar-refractivity contribution is -0.121. The Bertz CT molecular complexity index is 1030. The van der Waals surface area contributed by atoms with Crippen molar-refractivity contribution in [3.63, 3.8) is 0 Å². The Balaban J connectivity index is 1.74. The maximum atomic E-state index is 12.3. The lowest BCUT2D eigenvalue weighted by Gasteiger charge is -2.25.